The number of carbonyl (C=O) groups is 1. The molecule has 1 N–H and O–H groups in total. The molecule has 2 aromatic rings. The summed E-state index contributed by atoms with van der Waals surface area (Å²) in [6.07, 6.45) is 3.89. The van der Waals surface area contributed by atoms with Gasteiger partial charge in [-0.25, -0.2) is 0 Å². The maximum atomic E-state index is 12.8. The Bertz CT molecular complexity index is 834. The van der Waals surface area contributed by atoms with E-state index >= 15 is 0 Å². The van der Waals surface area contributed by atoms with Crippen LogP contribution in [-0.4, -0.2) is 42.7 Å². The number of rotatable bonds is 7. The van der Waals surface area contributed by atoms with Gasteiger partial charge in [-0.15, -0.1) is 0 Å². The summed E-state index contributed by atoms with van der Waals surface area (Å²) in [5.41, 5.74) is 2.98. The molecule has 1 amide bonds. The number of morpholine rings is 1. The zero-order valence-electron chi connectivity index (χ0n) is 17.1. The number of ether oxygens (including phenoxy) is 2. The Kier molecular flexibility index (Phi) is 6.47. The second-order valence-corrected chi connectivity index (χ2v) is 8.09. The summed E-state index contributed by atoms with van der Waals surface area (Å²) in [5.74, 6) is 0.595. The van der Waals surface area contributed by atoms with E-state index in [4.69, 9.17) is 9.47 Å². The van der Waals surface area contributed by atoms with E-state index in [2.05, 4.69) is 41.4 Å². The van der Waals surface area contributed by atoms with E-state index in [0.717, 1.165) is 44.6 Å². The number of para-hydroxylation sites is 1. The SMILES string of the molecule is CC1CN(Cc2cccc(CNC(=O)c3ccccc3OC3CCC3)c2)CCO1. The summed E-state index contributed by atoms with van der Waals surface area (Å²) in [6.45, 7) is 6.24. The number of amides is 1. The van der Waals surface area contributed by atoms with Gasteiger partial charge in [-0.1, -0.05) is 36.4 Å². The second kappa shape index (κ2) is 9.42. The first kappa shape index (κ1) is 19.9. The van der Waals surface area contributed by atoms with Crippen molar-refractivity contribution in [3.63, 3.8) is 0 Å². The van der Waals surface area contributed by atoms with Crippen molar-refractivity contribution < 1.29 is 14.3 Å². The van der Waals surface area contributed by atoms with Gasteiger partial charge in [0.2, 0.25) is 0 Å². The van der Waals surface area contributed by atoms with Gasteiger partial charge in [-0.3, -0.25) is 9.69 Å². The molecule has 1 atom stereocenters. The molecule has 1 unspecified atom stereocenters. The van der Waals surface area contributed by atoms with Gasteiger partial charge in [0, 0.05) is 26.2 Å². The monoisotopic (exact) mass is 394 g/mol. The van der Waals surface area contributed by atoms with Crippen LogP contribution in [0, 0.1) is 0 Å². The molecule has 2 fully saturated rings. The number of hydrogen-bond acceptors (Lipinski definition) is 4. The minimum absolute atomic E-state index is 0.0904. The van der Waals surface area contributed by atoms with Crippen LogP contribution in [0.15, 0.2) is 48.5 Å². The molecule has 0 radical (unpaired) electrons. The van der Waals surface area contributed by atoms with Crippen LogP contribution in [0.2, 0.25) is 0 Å². The first-order valence-corrected chi connectivity index (χ1v) is 10.6. The molecule has 1 saturated carbocycles. The van der Waals surface area contributed by atoms with Gasteiger partial charge in [0.1, 0.15) is 5.75 Å². The lowest BCUT2D eigenvalue weighted by atomic mass is 9.96. The van der Waals surface area contributed by atoms with Gasteiger partial charge in [0.05, 0.1) is 24.4 Å². The molecule has 1 heterocycles. The molecule has 5 heteroatoms. The van der Waals surface area contributed by atoms with Gasteiger partial charge in [0.25, 0.3) is 5.91 Å². The molecule has 0 aromatic heterocycles. The van der Waals surface area contributed by atoms with E-state index in [1.54, 1.807) is 0 Å². The standard InChI is InChI=1S/C24H30N2O3/c1-18-16-26(12-13-28-18)17-20-7-4-6-19(14-20)15-25-24(27)22-10-2-3-11-23(22)29-21-8-5-9-21/h2-4,6-7,10-11,14,18,21H,5,8-9,12-13,15-17H2,1H3,(H,25,27). The molecule has 29 heavy (non-hydrogen) atoms. The normalized spacial score (nSPS) is 20.1. The number of benzene rings is 2. The Hall–Kier alpha value is -2.37. The number of carbonyl (C=O) groups excluding carboxylic acids is 1. The summed E-state index contributed by atoms with van der Waals surface area (Å²) in [6, 6.07) is 16.0. The second-order valence-electron chi connectivity index (χ2n) is 8.09. The highest BCUT2D eigenvalue weighted by molar-refractivity contribution is 5.96. The average molecular weight is 395 g/mol. The van der Waals surface area contributed by atoms with E-state index in [1.165, 1.54) is 12.0 Å². The number of nitrogens with one attached hydrogen (secondary N) is 1. The summed E-state index contributed by atoms with van der Waals surface area (Å²) >= 11 is 0. The van der Waals surface area contributed by atoms with Gasteiger partial charge in [-0.05, 0) is 49.4 Å². The van der Waals surface area contributed by atoms with Crippen molar-refractivity contribution in [1.29, 1.82) is 0 Å². The highest BCUT2D eigenvalue weighted by Gasteiger charge is 2.22. The van der Waals surface area contributed by atoms with E-state index in [0.29, 0.717) is 17.9 Å². The Morgan fingerprint density at radius 1 is 1.17 bits per heavy atom. The topological polar surface area (TPSA) is 50.8 Å². The van der Waals surface area contributed by atoms with Crippen LogP contribution in [0.25, 0.3) is 0 Å². The summed E-state index contributed by atoms with van der Waals surface area (Å²) in [4.78, 5) is 15.2. The highest BCUT2D eigenvalue weighted by Crippen LogP contribution is 2.27. The molecule has 0 bridgehead atoms. The average Bonchev–Trinajstić information content (AvgIpc) is 2.69. The van der Waals surface area contributed by atoms with E-state index in [-0.39, 0.29) is 18.1 Å². The summed E-state index contributed by atoms with van der Waals surface area (Å²) in [5, 5.41) is 3.05. The molecular weight excluding hydrogens is 364 g/mol. The maximum Gasteiger partial charge on any atom is 0.255 e. The lowest BCUT2D eigenvalue weighted by Gasteiger charge is -2.31. The Morgan fingerprint density at radius 2 is 2.00 bits per heavy atom. The Labute approximate surface area is 173 Å². The third-order valence-corrected chi connectivity index (χ3v) is 5.65. The largest absolute Gasteiger partial charge is 0.490 e. The molecule has 2 aromatic carbocycles. The van der Waals surface area contributed by atoms with Crippen LogP contribution in [0.5, 0.6) is 5.75 Å². The third kappa shape index (κ3) is 5.37. The van der Waals surface area contributed by atoms with Crippen molar-refractivity contribution >= 4 is 5.91 Å². The minimum atomic E-state index is -0.0904. The van der Waals surface area contributed by atoms with Gasteiger partial charge >= 0.3 is 0 Å². The van der Waals surface area contributed by atoms with Crippen LogP contribution in [0.1, 0.15) is 47.7 Å². The Balaban J connectivity index is 1.35. The molecule has 154 valence electrons. The fraction of sp³-hybridized carbons (Fsp3) is 0.458. The van der Waals surface area contributed by atoms with E-state index in [9.17, 15) is 4.79 Å². The zero-order chi connectivity index (χ0) is 20.1. The van der Waals surface area contributed by atoms with Crippen molar-refractivity contribution in [3.05, 3.63) is 65.2 Å². The molecule has 4 rings (SSSR count). The third-order valence-electron chi connectivity index (χ3n) is 5.65. The first-order chi connectivity index (χ1) is 14.2. The van der Waals surface area contributed by atoms with E-state index < -0.39 is 0 Å². The zero-order valence-corrected chi connectivity index (χ0v) is 17.1. The summed E-state index contributed by atoms with van der Waals surface area (Å²) in [7, 11) is 0. The maximum absolute atomic E-state index is 12.8. The predicted molar refractivity (Wildman–Crippen MR) is 113 cm³/mol. The minimum Gasteiger partial charge on any atom is -0.490 e. The van der Waals surface area contributed by atoms with Crippen molar-refractivity contribution in [2.24, 2.45) is 0 Å². The van der Waals surface area contributed by atoms with Crippen LogP contribution < -0.4 is 10.1 Å². The predicted octanol–water partition coefficient (Wildman–Crippen LogP) is 3.77. The molecule has 1 aliphatic heterocycles. The Morgan fingerprint density at radius 3 is 2.79 bits per heavy atom. The quantitative estimate of drug-likeness (QED) is 0.777. The van der Waals surface area contributed by atoms with Crippen LogP contribution in [0.3, 0.4) is 0 Å². The lowest BCUT2D eigenvalue weighted by Crippen LogP contribution is -2.40. The van der Waals surface area contributed by atoms with Crippen molar-refractivity contribution in [2.45, 2.75) is 51.5 Å². The fourth-order valence-corrected chi connectivity index (χ4v) is 3.83. The van der Waals surface area contributed by atoms with Crippen LogP contribution in [-0.2, 0) is 17.8 Å². The molecule has 0 spiro atoms. The molecule has 2 aliphatic rings. The van der Waals surface area contributed by atoms with Crippen molar-refractivity contribution in [1.82, 2.24) is 10.2 Å². The number of nitrogens with zero attached hydrogens (tertiary/aromatic N) is 1. The van der Waals surface area contributed by atoms with Gasteiger partial charge in [0.15, 0.2) is 0 Å². The number of hydrogen-bond donors (Lipinski definition) is 1. The first-order valence-electron chi connectivity index (χ1n) is 10.6. The molecule has 5 nitrogen and oxygen atoms in total. The van der Waals surface area contributed by atoms with Gasteiger partial charge < -0.3 is 14.8 Å². The van der Waals surface area contributed by atoms with Crippen molar-refractivity contribution in [2.75, 3.05) is 19.7 Å². The molecular formula is C24H30N2O3. The highest BCUT2D eigenvalue weighted by atomic mass is 16.5. The van der Waals surface area contributed by atoms with E-state index in [1.807, 2.05) is 24.3 Å². The summed E-state index contributed by atoms with van der Waals surface area (Å²) < 4.78 is 11.6. The van der Waals surface area contributed by atoms with Crippen LogP contribution >= 0.6 is 0 Å². The fourth-order valence-electron chi connectivity index (χ4n) is 3.83. The lowest BCUT2D eigenvalue weighted by molar-refractivity contribution is -0.0212. The van der Waals surface area contributed by atoms with Gasteiger partial charge in [-0.2, -0.15) is 0 Å². The van der Waals surface area contributed by atoms with Crippen LogP contribution in [0.4, 0.5) is 0 Å². The molecule has 1 aliphatic carbocycles. The smallest absolute Gasteiger partial charge is 0.255 e. The molecule has 1 saturated heterocycles. The van der Waals surface area contributed by atoms with Crippen molar-refractivity contribution in [3.8, 4) is 5.75 Å².